The molecule has 57 heavy (non-hydrogen) atoms. The monoisotopic (exact) mass is 783 g/mol. The lowest BCUT2D eigenvalue weighted by Crippen LogP contribution is -2.44. The average molecular weight is 784 g/mol. The van der Waals surface area contributed by atoms with E-state index in [-0.39, 0.29) is 29.7 Å². The highest BCUT2D eigenvalue weighted by Gasteiger charge is 2.32. The molecule has 14 nitrogen and oxygen atoms in total. The van der Waals surface area contributed by atoms with Crippen molar-refractivity contribution in [3.8, 4) is 17.2 Å². The van der Waals surface area contributed by atoms with Gasteiger partial charge in [0.15, 0.2) is 5.65 Å². The lowest BCUT2D eigenvalue weighted by molar-refractivity contribution is -0.122. The number of carboxylic acid groups (broad SMARTS) is 1. The molecular formula is C42H54FN9O5. The van der Waals surface area contributed by atoms with Crippen LogP contribution < -0.4 is 25.0 Å². The van der Waals surface area contributed by atoms with Crippen molar-refractivity contribution in [2.24, 2.45) is 0 Å². The summed E-state index contributed by atoms with van der Waals surface area (Å²) < 4.78 is 31.4. The molecule has 5 aromatic rings. The molecule has 1 aliphatic carbocycles. The van der Waals surface area contributed by atoms with Gasteiger partial charge < -0.3 is 29.7 Å². The first-order chi connectivity index (χ1) is 27.3. The second-order valence-electron chi connectivity index (χ2n) is 16.0. The number of urea groups is 1. The summed E-state index contributed by atoms with van der Waals surface area (Å²) in [6.45, 7) is 11.5. The van der Waals surface area contributed by atoms with Crippen LogP contribution in [0.4, 0.5) is 21.0 Å². The Morgan fingerprint density at radius 1 is 0.982 bits per heavy atom. The van der Waals surface area contributed by atoms with Crippen molar-refractivity contribution in [2.45, 2.75) is 96.4 Å². The van der Waals surface area contributed by atoms with E-state index in [2.05, 4.69) is 45.6 Å². The number of carbonyl (C=O) groups excluding carboxylic acids is 1. The van der Waals surface area contributed by atoms with Crippen LogP contribution in [0.25, 0.3) is 11.3 Å². The van der Waals surface area contributed by atoms with Crippen molar-refractivity contribution in [2.75, 3.05) is 37.5 Å². The SMILES string of the molecule is C[C@@H]1CCC[C@H](C)N1c1nnc2ccc(O[C@@H]3CC[C@H](NC(=O)Nc4cc(C(C)(C)C)nn4-c4cc(OCCN(C)C)ccc4F)c4ccccc43)cn12.O=CO. The van der Waals surface area contributed by atoms with E-state index >= 15 is 4.39 Å². The third kappa shape index (κ3) is 9.47. The maximum atomic E-state index is 15.4. The van der Waals surface area contributed by atoms with E-state index in [1.807, 2.05) is 80.7 Å². The summed E-state index contributed by atoms with van der Waals surface area (Å²) in [6.07, 6.45) is 6.60. The molecule has 0 spiro atoms. The van der Waals surface area contributed by atoms with Crippen molar-refractivity contribution in [3.05, 3.63) is 89.5 Å². The predicted octanol–water partition coefficient (Wildman–Crippen LogP) is 7.54. The molecule has 1 saturated heterocycles. The Bertz CT molecular complexity index is 2150. The number of hydrogen-bond donors (Lipinski definition) is 3. The van der Waals surface area contributed by atoms with Gasteiger partial charge in [0, 0.05) is 36.2 Å². The van der Waals surface area contributed by atoms with E-state index in [4.69, 9.17) is 24.5 Å². The van der Waals surface area contributed by atoms with Crippen LogP contribution in [0.1, 0.15) is 95.7 Å². The van der Waals surface area contributed by atoms with Crippen LogP contribution in [-0.4, -0.2) is 86.2 Å². The fourth-order valence-electron chi connectivity index (χ4n) is 7.53. The van der Waals surface area contributed by atoms with E-state index in [0.29, 0.717) is 55.3 Å². The Labute approximate surface area is 333 Å². The zero-order valence-corrected chi connectivity index (χ0v) is 33.8. The van der Waals surface area contributed by atoms with Gasteiger partial charge in [-0.1, -0.05) is 45.0 Å². The van der Waals surface area contributed by atoms with Gasteiger partial charge in [-0.15, -0.1) is 10.2 Å². The number of benzene rings is 2. The number of rotatable bonds is 10. The van der Waals surface area contributed by atoms with Crippen molar-refractivity contribution in [1.29, 1.82) is 0 Å². The molecule has 0 saturated carbocycles. The summed E-state index contributed by atoms with van der Waals surface area (Å²) in [7, 11) is 3.93. The predicted molar refractivity (Wildman–Crippen MR) is 217 cm³/mol. The minimum absolute atomic E-state index is 0.183. The standard InChI is InChI=1S/C41H52FN9O3.CH2O2/c1-26-11-10-12-27(2)50(26)40-46-45-37-20-16-29(25-49(37)40)54-35-19-18-33(30-13-8-9-14-31(30)35)43-39(52)44-38-24-36(41(3,4)5)47-51(38)34-23-28(15-17-32(34)42)53-22-21-48(6)7;2-1-3/h8-9,13-17,20,23-27,33,35H,10-12,18-19,21-22H2,1-7H3,(H2,43,44,52);1H,(H,2,3)/t26-,27+,33-,35+;/m0./s1. The molecule has 3 aromatic heterocycles. The van der Waals surface area contributed by atoms with Crippen LogP contribution in [-0.2, 0) is 10.2 Å². The van der Waals surface area contributed by atoms with Crippen molar-refractivity contribution in [1.82, 2.24) is 34.6 Å². The molecule has 2 amide bonds. The molecule has 15 heteroatoms. The Balaban J connectivity index is 0.00000177. The third-order valence-corrected chi connectivity index (χ3v) is 10.5. The maximum absolute atomic E-state index is 15.4. The third-order valence-electron chi connectivity index (χ3n) is 10.5. The normalized spacial score (nSPS) is 19.4. The van der Waals surface area contributed by atoms with Gasteiger partial charge in [0.2, 0.25) is 5.95 Å². The van der Waals surface area contributed by atoms with E-state index < -0.39 is 11.8 Å². The van der Waals surface area contributed by atoms with Gasteiger partial charge in [-0.2, -0.15) is 5.10 Å². The Kier molecular flexibility index (Phi) is 12.7. The zero-order valence-electron chi connectivity index (χ0n) is 33.8. The number of halogens is 1. The number of piperidine rings is 1. The van der Waals surface area contributed by atoms with E-state index in [9.17, 15) is 4.79 Å². The smallest absolute Gasteiger partial charge is 0.320 e. The Morgan fingerprint density at radius 2 is 1.68 bits per heavy atom. The van der Waals surface area contributed by atoms with Crippen molar-refractivity contribution < 1.29 is 28.6 Å². The molecule has 2 aromatic carbocycles. The first-order valence-electron chi connectivity index (χ1n) is 19.5. The van der Waals surface area contributed by atoms with Crippen LogP contribution in [0.2, 0.25) is 0 Å². The van der Waals surface area contributed by atoms with E-state index in [1.54, 1.807) is 18.2 Å². The summed E-state index contributed by atoms with van der Waals surface area (Å²) in [5.74, 6) is 1.95. The molecule has 304 valence electrons. The second kappa shape index (κ2) is 17.6. The van der Waals surface area contributed by atoms with Gasteiger partial charge in [-0.25, -0.2) is 13.9 Å². The minimum atomic E-state index is -0.482. The number of amides is 2. The number of fused-ring (bicyclic) bond motifs is 2. The summed E-state index contributed by atoms with van der Waals surface area (Å²) in [4.78, 5) is 26.5. The highest BCUT2D eigenvalue weighted by Crippen LogP contribution is 2.39. The molecule has 0 unspecified atom stereocenters. The summed E-state index contributed by atoms with van der Waals surface area (Å²) in [5, 5.41) is 26.8. The fraction of sp³-hybridized carbons (Fsp3) is 0.452. The number of carbonyl (C=O) groups is 2. The van der Waals surface area contributed by atoms with Crippen molar-refractivity contribution >= 4 is 29.9 Å². The quantitative estimate of drug-likeness (QED) is 0.121. The Hall–Kier alpha value is -5.70. The van der Waals surface area contributed by atoms with Crippen LogP contribution in [0.3, 0.4) is 0 Å². The summed E-state index contributed by atoms with van der Waals surface area (Å²) in [5.41, 5.74) is 3.32. The molecule has 1 aliphatic heterocycles. The van der Waals surface area contributed by atoms with Gasteiger partial charge in [-0.05, 0) is 95.4 Å². The van der Waals surface area contributed by atoms with Crippen LogP contribution in [0.15, 0.2) is 66.9 Å². The van der Waals surface area contributed by atoms with Crippen LogP contribution >= 0.6 is 0 Å². The molecule has 4 heterocycles. The molecule has 2 aliphatic rings. The highest BCUT2D eigenvalue weighted by atomic mass is 19.1. The number of anilines is 2. The molecule has 3 N–H and O–H groups in total. The van der Waals surface area contributed by atoms with Gasteiger partial charge in [0.05, 0.1) is 17.9 Å². The first-order valence-corrected chi connectivity index (χ1v) is 19.5. The van der Waals surface area contributed by atoms with Gasteiger partial charge in [-0.3, -0.25) is 14.5 Å². The van der Waals surface area contributed by atoms with Crippen LogP contribution in [0.5, 0.6) is 11.5 Å². The first kappa shape index (κ1) is 40.9. The van der Waals surface area contributed by atoms with E-state index in [0.717, 1.165) is 41.3 Å². The topological polar surface area (TPSA) is 151 Å². The number of aromatic nitrogens is 5. The second-order valence-corrected chi connectivity index (χ2v) is 16.0. The van der Waals surface area contributed by atoms with Gasteiger partial charge >= 0.3 is 6.03 Å². The lowest BCUT2D eigenvalue weighted by atomic mass is 9.85. The number of nitrogens with zero attached hydrogens (tertiary/aromatic N) is 7. The van der Waals surface area contributed by atoms with Crippen molar-refractivity contribution in [3.63, 3.8) is 0 Å². The molecule has 7 rings (SSSR count). The molecule has 0 bridgehead atoms. The number of likely N-dealkylation sites (N-methyl/N-ethyl adjacent to an activating group) is 1. The number of ether oxygens (including phenoxy) is 2. The Morgan fingerprint density at radius 3 is 2.39 bits per heavy atom. The number of pyridine rings is 1. The largest absolute Gasteiger partial charge is 0.492 e. The maximum Gasteiger partial charge on any atom is 0.320 e. The lowest BCUT2D eigenvalue weighted by Gasteiger charge is -2.39. The van der Waals surface area contributed by atoms with E-state index in [1.165, 1.54) is 17.2 Å². The number of nitrogens with one attached hydrogen (secondary N) is 2. The molecule has 0 radical (unpaired) electrons. The van der Waals surface area contributed by atoms with Crippen LogP contribution in [0, 0.1) is 5.82 Å². The zero-order chi connectivity index (χ0) is 40.9. The molecule has 4 atom stereocenters. The fourth-order valence-corrected chi connectivity index (χ4v) is 7.53. The van der Waals surface area contributed by atoms with Gasteiger partial charge in [0.1, 0.15) is 41.5 Å². The average Bonchev–Trinajstić information content (AvgIpc) is 3.78. The van der Waals surface area contributed by atoms with Gasteiger partial charge in [0.25, 0.3) is 6.47 Å². The molecule has 1 fully saturated rings. The number of hydrogen-bond acceptors (Lipinski definition) is 9. The molecular weight excluding hydrogens is 730 g/mol. The highest BCUT2D eigenvalue weighted by molar-refractivity contribution is 5.89. The summed E-state index contributed by atoms with van der Waals surface area (Å²) >= 11 is 0. The summed E-state index contributed by atoms with van der Waals surface area (Å²) in [6, 6.07) is 18.4. The minimum Gasteiger partial charge on any atom is -0.492 e.